The summed E-state index contributed by atoms with van der Waals surface area (Å²) in [6.45, 7) is 7.49. The van der Waals surface area contributed by atoms with Gasteiger partial charge in [0.1, 0.15) is 0 Å². The van der Waals surface area contributed by atoms with Gasteiger partial charge in [0.25, 0.3) is 0 Å². The topological polar surface area (TPSA) is 61.4 Å². The van der Waals surface area contributed by atoms with Crippen molar-refractivity contribution < 1.29 is 0 Å². The molecule has 2 aliphatic rings. The van der Waals surface area contributed by atoms with Crippen molar-refractivity contribution in [2.75, 3.05) is 0 Å². The fourth-order valence-corrected chi connectivity index (χ4v) is 16.1. The Morgan fingerprint density at radius 1 is 0.280 bits per heavy atom. The maximum Gasteiger partial charge on any atom is 0.234 e. The van der Waals surface area contributed by atoms with E-state index in [-0.39, 0.29) is 0 Å². The van der Waals surface area contributed by atoms with E-state index in [0.717, 1.165) is 105 Å². The smallest absolute Gasteiger partial charge is 0.234 e. The molecule has 6 heteroatoms. The molecule has 1 unspecified atom stereocenters. The third kappa shape index (κ3) is 9.48. The molecule has 2 aliphatic carbocycles. The van der Waals surface area contributed by atoms with Gasteiger partial charge in [0, 0.05) is 52.2 Å². The van der Waals surface area contributed by atoms with E-state index in [4.69, 9.17) is 26.5 Å². The van der Waals surface area contributed by atoms with Crippen molar-refractivity contribution in [3.8, 4) is 112 Å². The Balaban J connectivity index is 0.760. The van der Waals surface area contributed by atoms with Crippen LogP contribution in [0.3, 0.4) is 0 Å². The minimum absolute atomic E-state index is 0.607. The zero-order chi connectivity index (χ0) is 66.4. The van der Waals surface area contributed by atoms with Crippen LogP contribution in [0.2, 0.25) is 0 Å². The molecule has 468 valence electrons. The SMILES string of the molecule is C=C1/C(=C\c2c(C)n(-c3ncccn3)c3ccc(-c4cccc(-c5cc(-c6ccccc6)cc(-c6ccccc6)c5)c4)cc23)c2ccccc2C12c1ccccc1-c1cc3c4cc(-c5cccc(-c6cc(-c7ccccc7)cc(-c7ccccc7)c6)c5)ccc4n(-c4ncccn4)c3cc12. The summed E-state index contributed by atoms with van der Waals surface area (Å²) in [5, 5.41) is 3.32. The summed E-state index contributed by atoms with van der Waals surface area (Å²) in [5.41, 5.74) is 32.1. The van der Waals surface area contributed by atoms with Gasteiger partial charge in [-0.15, -0.1) is 0 Å². The highest BCUT2D eigenvalue weighted by molar-refractivity contribution is 6.15. The first-order valence-corrected chi connectivity index (χ1v) is 34.1. The minimum atomic E-state index is -0.760. The third-order valence-electron chi connectivity index (χ3n) is 20.7. The van der Waals surface area contributed by atoms with Gasteiger partial charge in [0.05, 0.1) is 22.0 Å². The average molecular weight is 1280 g/mol. The molecule has 100 heavy (non-hydrogen) atoms. The molecule has 6 nitrogen and oxygen atoms in total. The highest BCUT2D eigenvalue weighted by Gasteiger charge is 2.53. The summed E-state index contributed by atoms with van der Waals surface area (Å²) in [6.07, 6.45) is 9.72. The summed E-state index contributed by atoms with van der Waals surface area (Å²) >= 11 is 0. The highest BCUT2D eigenvalue weighted by Crippen LogP contribution is 2.64. The van der Waals surface area contributed by atoms with Crippen LogP contribution < -0.4 is 0 Å². The lowest BCUT2D eigenvalue weighted by Gasteiger charge is -2.30. The Kier molecular flexibility index (Phi) is 13.7. The lowest BCUT2D eigenvalue weighted by molar-refractivity contribution is 0.798. The molecule has 1 spiro atoms. The van der Waals surface area contributed by atoms with Crippen molar-refractivity contribution in [1.29, 1.82) is 0 Å². The highest BCUT2D eigenvalue weighted by atomic mass is 15.2. The molecule has 0 bridgehead atoms. The van der Waals surface area contributed by atoms with Crippen molar-refractivity contribution in [3.05, 3.63) is 386 Å². The molecule has 0 amide bonds. The van der Waals surface area contributed by atoms with Crippen molar-refractivity contribution in [3.63, 3.8) is 0 Å². The third-order valence-corrected chi connectivity index (χ3v) is 20.7. The van der Waals surface area contributed by atoms with E-state index in [2.05, 4.69) is 325 Å². The second kappa shape index (κ2) is 23.6. The number of aromatic nitrogens is 6. The summed E-state index contributed by atoms with van der Waals surface area (Å²) < 4.78 is 4.46. The Hall–Kier alpha value is -13.2. The van der Waals surface area contributed by atoms with Crippen molar-refractivity contribution >= 4 is 44.4 Å². The standard InChI is InChI=1S/C94H62N6/c1-60-80(57-81-61(2)99(92-95-43-21-44-96-92)89-41-39-70(55-83(81)89)66-31-19-33-68(47-66)76-51-72(62-23-7-3-8-24-62)49-73(52-76)63-25-9-4-10-26-63)78-35-15-17-37-86(78)94(60)87-38-18-16-36-79(87)82-58-85-84-56-71(40-42-90(84)100(91(85)59-88(82)94)93-97-45-22-46-98-93)67-32-20-34-69(48-67)77-53-74(64-27-11-5-12-28-64)50-75(54-77)65-29-13-6-14-30-65/h3-59H,1H2,2H3/b80-57+. The van der Waals surface area contributed by atoms with Gasteiger partial charge in [0.2, 0.25) is 11.9 Å². The van der Waals surface area contributed by atoms with Crippen LogP contribution in [0.15, 0.2) is 352 Å². The maximum atomic E-state index is 5.30. The molecule has 13 aromatic carbocycles. The van der Waals surface area contributed by atoms with Gasteiger partial charge in [0.15, 0.2) is 0 Å². The summed E-state index contributed by atoms with van der Waals surface area (Å²) in [5.74, 6) is 1.22. The zero-order valence-corrected chi connectivity index (χ0v) is 54.8. The fraction of sp³-hybridized carbons (Fsp3) is 0.0213. The Labute approximate surface area is 580 Å². The molecule has 0 saturated carbocycles. The van der Waals surface area contributed by atoms with Crippen LogP contribution in [0.5, 0.6) is 0 Å². The van der Waals surface area contributed by atoms with Crippen molar-refractivity contribution in [1.82, 2.24) is 29.1 Å². The molecule has 4 aromatic heterocycles. The molecule has 1 atom stereocenters. The molecule has 0 fully saturated rings. The average Bonchev–Trinajstić information content (AvgIpc) is 1.51. The second-order valence-corrected chi connectivity index (χ2v) is 26.2. The maximum absolute atomic E-state index is 5.30. The van der Waals surface area contributed by atoms with E-state index >= 15 is 0 Å². The predicted octanol–water partition coefficient (Wildman–Crippen LogP) is 23.4. The van der Waals surface area contributed by atoms with E-state index in [1.165, 1.54) is 72.3 Å². The number of hydrogen-bond acceptors (Lipinski definition) is 4. The molecule has 0 radical (unpaired) electrons. The van der Waals surface area contributed by atoms with Gasteiger partial charge in [-0.2, -0.15) is 0 Å². The minimum Gasteiger partial charge on any atom is -0.282 e. The lowest BCUT2D eigenvalue weighted by atomic mass is 9.70. The van der Waals surface area contributed by atoms with Gasteiger partial charge in [-0.3, -0.25) is 9.13 Å². The van der Waals surface area contributed by atoms with E-state index in [0.29, 0.717) is 11.9 Å². The van der Waals surface area contributed by atoms with E-state index < -0.39 is 5.41 Å². The van der Waals surface area contributed by atoms with Crippen molar-refractivity contribution in [2.45, 2.75) is 12.3 Å². The number of rotatable bonds is 11. The Morgan fingerprint density at radius 3 is 1.13 bits per heavy atom. The number of hydrogen-bond donors (Lipinski definition) is 0. The molecular formula is C94H62N6. The molecular weight excluding hydrogens is 1210 g/mol. The van der Waals surface area contributed by atoms with Gasteiger partial charge >= 0.3 is 0 Å². The predicted molar refractivity (Wildman–Crippen MR) is 412 cm³/mol. The Morgan fingerprint density at radius 2 is 0.640 bits per heavy atom. The molecule has 0 saturated heterocycles. The zero-order valence-electron chi connectivity index (χ0n) is 54.8. The number of fused-ring (bicyclic) bond motifs is 11. The van der Waals surface area contributed by atoms with Crippen LogP contribution in [0, 0.1) is 6.92 Å². The lowest BCUT2D eigenvalue weighted by Crippen LogP contribution is -2.25. The number of nitrogens with zero attached hydrogens (tertiary/aromatic N) is 6. The largest absolute Gasteiger partial charge is 0.282 e. The molecule has 19 rings (SSSR count). The van der Waals surface area contributed by atoms with E-state index in [1.54, 1.807) is 0 Å². The summed E-state index contributed by atoms with van der Waals surface area (Å²) in [4.78, 5) is 19.7. The van der Waals surface area contributed by atoms with Crippen LogP contribution in [-0.2, 0) is 5.41 Å². The van der Waals surface area contributed by atoms with Crippen LogP contribution in [0.1, 0.15) is 33.5 Å². The van der Waals surface area contributed by atoms with Crippen LogP contribution >= 0.6 is 0 Å². The first-order chi connectivity index (χ1) is 49.4. The van der Waals surface area contributed by atoms with E-state index in [1.807, 2.05) is 36.9 Å². The molecule has 4 heterocycles. The first kappa shape index (κ1) is 58.2. The number of benzene rings is 13. The molecule has 17 aromatic rings. The van der Waals surface area contributed by atoms with Gasteiger partial charge in [-0.05, 0) is 244 Å². The Bertz CT molecular complexity index is 6040. The van der Waals surface area contributed by atoms with Crippen LogP contribution in [0.4, 0.5) is 0 Å². The van der Waals surface area contributed by atoms with Crippen LogP contribution in [0.25, 0.3) is 156 Å². The van der Waals surface area contributed by atoms with Gasteiger partial charge in [-0.25, -0.2) is 19.9 Å². The fourth-order valence-electron chi connectivity index (χ4n) is 16.1. The first-order valence-electron chi connectivity index (χ1n) is 34.1. The second-order valence-electron chi connectivity index (χ2n) is 26.2. The molecule has 0 aliphatic heterocycles. The van der Waals surface area contributed by atoms with E-state index in [9.17, 15) is 0 Å². The monoisotopic (exact) mass is 1270 g/mol. The van der Waals surface area contributed by atoms with Crippen molar-refractivity contribution in [2.24, 2.45) is 0 Å². The number of allylic oxidation sites excluding steroid dienone is 2. The summed E-state index contributed by atoms with van der Waals surface area (Å²) in [6, 6.07) is 115. The van der Waals surface area contributed by atoms with Gasteiger partial charge < -0.3 is 0 Å². The van der Waals surface area contributed by atoms with Crippen LogP contribution in [-0.4, -0.2) is 29.1 Å². The normalized spacial score (nSPS) is 14.1. The van der Waals surface area contributed by atoms with Gasteiger partial charge in [-0.1, -0.05) is 225 Å². The summed E-state index contributed by atoms with van der Waals surface area (Å²) in [7, 11) is 0. The molecule has 0 N–H and O–H groups in total. The quantitative estimate of drug-likeness (QED) is 0.129.